The van der Waals surface area contributed by atoms with E-state index in [0.717, 1.165) is 36.0 Å². The van der Waals surface area contributed by atoms with Gasteiger partial charge in [0.2, 0.25) is 0 Å². The SMILES string of the molecule is CC(C)(C)CC(C)(C)c1cc2c(c(C(C)(C)CC(C)(C)C)c1)P(=O)(O)Oc1cccc(C(C)(C)CC(C)(C)C)c1-2. The van der Waals surface area contributed by atoms with E-state index in [4.69, 9.17) is 4.52 Å². The minimum atomic E-state index is -4.13. The third-order valence-electron chi connectivity index (χ3n) is 8.07. The highest BCUT2D eigenvalue weighted by Crippen LogP contribution is 2.58. The monoisotopic (exact) mass is 568 g/mol. The minimum Gasteiger partial charge on any atom is -0.421 e. The first kappa shape index (κ1) is 32.9. The van der Waals surface area contributed by atoms with Gasteiger partial charge in [-0.05, 0) is 80.6 Å². The predicted molar refractivity (Wildman–Crippen MR) is 173 cm³/mol. The van der Waals surface area contributed by atoms with Crippen LogP contribution in [0.15, 0.2) is 30.3 Å². The molecular formula is C36H57O3P. The van der Waals surface area contributed by atoms with E-state index in [0.29, 0.717) is 11.1 Å². The van der Waals surface area contributed by atoms with E-state index in [2.05, 4.69) is 122 Å². The van der Waals surface area contributed by atoms with Crippen LogP contribution in [0.1, 0.15) is 140 Å². The number of hydrogen-bond acceptors (Lipinski definition) is 2. The van der Waals surface area contributed by atoms with Gasteiger partial charge in [0.1, 0.15) is 5.75 Å². The van der Waals surface area contributed by atoms with Crippen LogP contribution < -0.4 is 9.83 Å². The van der Waals surface area contributed by atoms with Crippen LogP contribution in [0.3, 0.4) is 0 Å². The van der Waals surface area contributed by atoms with E-state index >= 15 is 0 Å². The fourth-order valence-corrected chi connectivity index (χ4v) is 9.60. The molecular weight excluding hydrogens is 511 g/mol. The van der Waals surface area contributed by atoms with Crippen molar-refractivity contribution in [2.24, 2.45) is 16.2 Å². The molecule has 1 atom stereocenters. The van der Waals surface area contributed by atoms with Crippen molar-refractivity contribution in [3.05, 3.63) is 47.0 Å². The lowest BCUT2D eigenvalue weighted by atomic mass is 9.67. The highest BCUT2D eigenvalue weighted by Gasteiger charge is 2.45. The molecule has 1 unspecified atom stereocenters. The van der Waals surface area contributed by atoms with Crippen molar-refractivity contribution < 1.29 is 14.0 Å². The van der Waals surface area contributed by atoms with Gasteiger partial charge in [0.25, 0.3) is 0 Å². The highest BCUT2D eigenvalue weighted by molar-refractivity contribution is 7.62. The zero-order valence-corrected chi connectivity index (χ0v) is 29.1. The maximum absolute atomic E-state index is 14.2. The van der Waals surface area contributed by atoms with Gasteiger partial charge >= 0.3 is 7.60 Å². The summed E-state index contributed by atoms with van der Waals surface area (Å²) in [5.74, 6) is 0.517. The Labute approximate surface area is 246 Å². The summed E-state index contributed by atoms with van der Waals surface area (Å²) in [5.41, 5.74) is 4.84. The smallest absolute Gasteiger partial charge is 0.409 e. The summed E-state index contributed by atoms with van der Waals surface area (Å²) < 4.78 is 20.3. The summed E-state index contributed by atoms with van der Waals surface area (Å²) in [6.45, 7) is 34.1. The van der Waals surface area contributed by atoms with Crippen LogP contribution in [-0.2, 0) is 20.8 Å². The average Bonchev–Trinajstić information content (AvgIpc) is 2.66. The molecule has 1 N–H and O–H groups in total. The molecule has 4 heteroatoms. The molecule has 1 aliphatic rings. The largest absolute Gasteiger partial charge is 0.421 e. The van der Waals surface area contributed by atoms with E-state index in [1.807, 2.05) is 12.1 Å². The summed E-state index contributed by atoms with van der Waals surface area (Å²) in [4.78, 5) is 11.6. The molecule has 0 saturated heterocycles. The number of fused-ring (bicyclic) bond motifs is 3. The second kappa shape index (κ2) is 10.0. The molecule has 0 aromatic heterocycles. The Kier molecular flexibility index (Phi) is 8.25. The molecule has 0 aliphatic carbocycles. The van der Waals surface area contributed by atoms with Crippen molar-refractivity contribution in [1.29, 1.82) is 0 Å². The van der Waals surface area contributed by atoms with Crippen LogP contribution in [0, 0.1) is 16.2 Å². The average molecular weight is 569 g/mol. The van der Waals surface area contributed by atoms with E-state index in [1.165, 1.54) is 11.1 Å². The molecule has 3 nitrogen and oxygen atoms in total. The van der Waals surface area contributed by atoms with E-state index in [9.17, 15) is 9.46 Å². The van der Waals surface area contributed by atoms with Gasteiger partial charge < -0.3 is 9.42 Å². The highest BCUT2D eigenvalue weighted by atomic mass is 31.2. The first-order chi connectivity index (χ1) is 17.7. The molecule has 0 fully saturated rings. The summed E-state index contributed by atoms with van der Waals surface area (Å²) in [5, 5.41) is 0.489. The van der Waals surface area contributed by atoms with Gasteiger partial charge in [0.05, 0.1) is 5.30 Å². The Morgan fingerprint density at radius 3 is 1.57 bits per heavy atom. The van der Waals surface area contributed by atoms with Crippen LogP contribution >= 0.6 is 7.60 Å². The Morgan fingerprint density at radius 2 is 1.10 bits per heavy atom. The Hall–Kier alpha value is -1.57. The van der Waals surface area contributed by atoms with Crippen LogP contribution in [0.2, 0.25) is 0 Å². The molecule has 3 rings (SSSR count). The molecule has 1 aliphatic heterocycles. The van der Waals surface area contributed by atoms with Gasteiger partial charge in [-0.2, -0.15) is 0 Å². The Balaban J connectivity index is 2.50. The summed E-state index contributed by atoms with van der Waals surface area (Å²) in [6.07, 6.45) is 2.84. The van der Waals surface area contributed by atoms with Crippen LogP contribution in [0.5, 0.6) is 5.75 Å². The molecule has 0 saturated carbocycles. The second-order valence-electron chi connectivity index (χ2n) is 18.1. The molecule has 0 spiro atoms. The standard InChI is InChI=1S/C36H57O3P/c1-31(2,3)21-34(10,11)24-19-25-29-26(35(12,13)22-32(4,5)6)17-16-18-28(29)39-40(37,38)30(25)27(20-24)36(14,15)23-33(7,8)9/h16-20H,21-23H2,1-15H3,(H,37,38). The number of hydrogen-bond donors (Lipinski definition) is 1. The van der Waals surface area contributed by atoms with Crippen molar-refractivity contribution in [3.8, 4) is 16.9 Å². The van der Waals surface area contributed by atoms with Crippen molar-refractivity contribution in [2.75, 3.05) is 0 Å². The fourth-order valence-electron chi connectivity index (χ4n) is 7.93. The van der Waals surface area contributed by atoms with E-state index in [1.54, 1.807) is 0 Å². The number of benzene rings is 2. The lowest BCUT2D eigenvalue weighted by Gasteiger charge is -2.41. The quantitative estimate of drug-likeness (QED) is 0.353. The van der Waals surface area contributed by atoms with Crippen LogP contribution in [0.4, 0.5) is 0 Å². The summed E-state index contributed by atoms with van der Waals surface area (Å²) in [6, 6.07) is 10.5. The van der Waals surface area contributed by atoms with Gasteiger partial charge in [0, 0.05) is 11.1 Å². The fraction of sp³-hybridized carbons (Fsp3) is 0.667. The summed E-state index contributed by atoms with van der Waals surface area (Å²) >= 11 is 0. The second-order valence-corrected chi connectivity index (χ2v) is 19.7. The lowest BCUT2D eigenvalue weighted by Crippen LogP contribution is -2.35. The molecule has 0 bridgehead atoms. The van der Waals surface area contributed by atoms with Crippen molar-refractivity contribution in [1.82, 2.24) is 0 Å². The number of rotatable bonds is 6. The Bertz CT molecular complexity index is 1310. The molecule has 224 valence electrons. The van der Waals surface area contributed by atoms with Gasteiger partial charge in [-0.25, -0.2) is 4.57 Å². The third kappa shape index (κ3) is 7.25. The molecule has 2 aromatic carbocycles. The zero-order valence-electron chi connectivity index (χ0n) is 28.2. The van der Waals surface area contributed by atoms with Crippen LogP contribution in [-0.4, -0.2) is 4.89 Å². The van der Waals surface area contributed by atoms with Crippen molar-refractivity contribution in [2.45, 2.75) is 139 Å². The van der Waals surface area contributed by atoms with Crippen molar-refractivity contribution in [3.63, 3.8) is 0 Å². The van der Waals surface area contributed by atoms with Gasteiger partial charge in [-0.1, -0.05) is 122 Å². The van der Waals surface area contributed by atoms with E-state index in [-0.39, 0.29) is 32.5 Å². The van der Waals surface area contributed by atoms with Gasteiger partial charge in [-0.3, -0.25) is 0 Å². The first-order valence-electron chi connectivity index (χ1n) is 15.0. The van der Waals surface area contributed by atoms with Crippen molar-refractivity contribution >= 4 is 12.9 Å². The first-order valence-corrected chi connectivity index (χ1v) is 16.6. The lowest BCUT2D eigenvalue weighted by molar-refractivity contribution is 0.278. The zero-order chi connectivity index (χ0) is 30.9. The molecule has 40 heavy (non-hydrogen) atoms. The Morgan fingerprint density at radius 1 is 0.650 bits per heavy atom. The van der Waals surface area contributed by atoms with Gasteiger partial charge in [-0.15, -0.1) is 0 Å². The maximum atomic E-state index is 14.2. The minimum absolute atomic E-state index is 0.0417. The summed E-state index contributed by atoms with van der Waals surface area (Å²) in [7, 11) is -4.13. The molecule has 0 radical (unpaired) electrons. The topological polar surface area (TPSA) is 46.5 Å². The van der Waals surface area contributed by atoms with Crippen LogP contribution in [0.25, 0.3) is 11.1 Å². The van der Waals surface area contributed by atoms with E-state index < -0.39 is 7.60 Å². The molecule has 0 amide bonds. The molecule has 2 aromatic rings. The maximum Gasteiger partial charge on any atom is 0.409 e. The predicted octanol–water partition coefficient (Wildman–Crippen LogP) is 10.7. The molecule has 1 heterocycles. The van der Waals surface area contributed by atoms with Gasteiger partial charge in [0.15, 0.2) is 0 Å². The normalized spacial score (nSPS) is 18.7. The third-order valence-corrected chi connectivity index (χ3v) is 9.56.